The Kier molecular flexibility index (Phi) is 4.85. The molecule has 0 saturated carbocycles. The zero-order valence-electron chi connectivity index (χ0n) is 14.1. The normalized spacial score (nSPS) is 16.2. The second-order valence-corrected chi connectivity index (χ2v) is 6.28. The van der Waals surface area contributed by atoms with E-state index in [4.69, 9.17) is 4.74 Å². The van der Waals surface area contributed by atoms with Crippen molar-refractivity contribution >= 4 is 0 Å². The fourth-order valence-electron chi connectivity index (χ4n) is 3.04. The van der Waals surface area contributed by atoms with Gasteiger partial charge in [0, 0.05) is 45.5 Å². The minimum Gasteiger partial charge on any atom is -0.490 e. The van der Waals surface area contributed by atoms with Crippen molar-refractivity contribution in [2.45, 2.75) is 25.5 Å². The number of ether oxygens (including phenoxy) is 1. The molecular formula is C18H23N3O3. The summed E-state index contributed by atoms with van der Waals surface area (Å²) in [5.74, 6) is 0.907. The molecule has 1 aromatic carbocycles. The van der Waals surface area contributed by atoms with Crippen molar-refractivity contribution in [3.63, 3.8) is 0 Å². The summed E-state index contributed by atoms with van der Waals surface area (Å²) in [4.78, 5) is 26.1. The molecule has 3 rings (SSSR count). The third-order valence-electron chi connectivity index (χ3n) is 4.59. The van der Waals surface area contributed by atoms with E-state index in [1.165, 1.54) is 7.05 Å². The van der Waals surface area contributed by atoms with E-state index in [1.807, 2.05) is 30.3 Å². The molecule has 6 heteroatoms. The summed E-state index contributed by atoms with van der Waals surface area (Å²) in [6, 6.07) is 11.4. The summed E-state index contributed by atoms with van der Waals surface area (Å²) in [5, 5.41) is 0. The van der Waals surface area contributed by atoms with Crippen molar-refractivity contribution < 1.29 is 4.74 Å². The molecular weight excluding hydrogens is 306 g/mol. The Hall–Kier alpha value is -2.34. The van der Waals surface area contributed by atoms with Crippen molar-refractivity contribution in [3.05, 3.63) is 62.9 Å². The van der Waals surface area contributed by atoms with E-state index in [9.17, 15) is 9.59 Å². The van der Waals surface area contributed by atoms with Gasteiger partial charge in [-0.2, -0.15) is 0 Å². The highest BCUT2D eigenvalue weighted by Crippen LogP contribution is 2.19. The lowest BCUT2D eigenvalue weighted by Crippen LogP contribution is -2.42. The topological polar surface area (TPSA) is 56.5 Å². The van der Waals surface area contributed by atoms with E-state index in [0.717, 1.165) is 41.9 Å². The molecule has 24 heavy (non-hydrogen) atoms. The monoisotopic (exact) mass is 329 g/mol. The SMILES string of the molecule is Cn1c(CN2CCC(Oc3ccccc3)CC2)cc(=O)n(C)c1=O. The van der Waals surface area contributed by atoms with Crippen LogP contribution in [0.5, 0.6) is 5.75 Å². The number of benzene rings is 1. The fraction of sp³-hybridized carbons (Fsp3) is 0.444. The van der Waals surface area contributed by atoms with Crippen LogP contribution < -0.4 is 16.0 Å². The van der Waals surface area contributed by atoms with Crippen LogP contribution in [-0.4, -0.2) is 33.2 Å². The number of piperidine rings is 1. The van der Waals surface area contributed by atoms with Gasteiger partial charge in [-0.15, -0.1) is 0 Å². The average molecular weight is 329 g/mol. The third kappa shape index (κ3) is 3.59. The minimum atomic E-state index is -0.278. The molecule has 1 aliphatic rings. The van der Waals surface area contributed by atoms with E-state index in [2.05, 4.69) is 4.90 Å². The highest BCUT2D eigenvalue weighted by atomic mass is 16.5. The molecule has 1 aliphatic heterocycles. The summed E-state index contributed by atoms with van der Waals surface area (Å²) in [6.07, 6.45) is 2.09. The number of likely N-dealkylation sites (tertiary alicyclic amines) is 1. The Morgan fingerprint density at radius 3 is 2.38 bits per heavy atom. The van der Waals surface area contributed by atoms with Gasteiger partial charge < -0.3 is 4.74 Å². The molecule has 0 atom stereocenters. The van der Waals surface area contributed by atoms with Gasteiger partial charge in [-0.1, -0.05) is 18.2 Å². The van der Waals surface area contributed by atoms with Crippen LogP contribution in [0, 0.1) is 0 Å². The quantitative estimate of drug-likeness (QED) is 0.844. The van der Waals surface area contributed by atoms with Gasteiger partial charge in [0.05, 0.1) is 0 Å². The maximum Gasteiger partial charge on any atom is 0.330 e. The molecule has 0 spiro atoms. The van der Waals surface area contributed by atoms with Crippen LogP contribution in [0.1, 0.15) is 18.5 Å². The van der Waals surface area contributed by atoms with Gasteiger partial charge in [-0.25, -0.2) is 4.79 Å². The lowest BCUT2D eigenvalue weighted by Gasteiger charge is -2.32. The van der Waals surface area contributed by atoms with Gasteiger partial charge in [0.2, 0.25) is 0 Å². The van der Waals surface area contributed by atoms with Crippen LogP contribution in [-0.2, 0) is 20.6 Å². The number of aromatic nitrogens is 2. The predicted molar refractivity (Wildman–Crippen MR) is 92.3 cm³/mol. The first-order valence-corrected chi connectivity index (χ1v) is 8.24. The molecule has 2 aromatic rings. The molecule has 0 unspecified atom stereocenters. The Labute approximate surface area is 140 Å². The first-order chi connectivity index (χ1) is 11.5. The van der Waals surface area contributed by atoms with Gasteiger partial charge >= 0.3 is 5.69 Å². The van der Waals surface area contributed by atoms with E-state index in [0.29, 0.717) is 6.54 Å². The Bertz CT molecular complexity index is 802. The zero-order valence-corrected chi connectivity index (χ0v) is 14.1. The molecule has 128 valence electrons. The fourth-order valence-corrected chi connectivity index (χ4v) is 3.04. The third-order valence-corrected chi connectivity index (χ3v) is 4.59. The Morgan fingerprint density at radius 2 is 1.71 bits per heavy atom. The number of para-hydroxylation sites is 1. The van der Waals surface area contributed by atoms with Crippen molar-refractivity contribution in [3.8, 4) is 5.75 Å². The Morgan fingerprint density at radius 1 is 1.04 bits per heavy atom. The molecule has 0 bridgehead atoms. The number of hydrogen-bond donors (Lipinski definition) is 0. The van der Waals surface area contributed by atoms with Crippen LogP contribution in [0.3, 0.4) is 0 Å². The van der Waals surface area contributed by atoms with E-state index in [-0.39, 0.29) is 17.4 Å². The molecule has 1 aromatic heterocycles. The molecule has 0 radical (unpaired) electrons. The number of hydrogen-bond acceptors (Lipinski definition) is 4. The van der Waals surface area contributed by atoms with Gasteiger partial charge in [0.25, 0.3) is 5.56 Å². The molecule has 1 fully saturated rings. The Balaban J connectivity index is 1.60. The predicted octanol–water partition coefficient (Wildman–Crippen LogP) is 1.13. The van der Waals surface area contributed by atoms with Gasteiger partial charge in [0.1, 0.15) is 11.9 Å². The van der Waals surface area contributed by atoms with E-state index < -0.39 is 0 Å². The molecule has 0 aliphatic carbocycles. The van der Waals surface area contributed by atoms with Gasteiger partial charge in [0.15, 0.2) is 0 Å². The lowest BCUT2D eigenvalue weighted by molar-refractivity contribution is 0.0953. The lowest BCUT2D eigenvalue weighted by atomic mass is 10.1. The van der Waals surface area contributed by atoms with Gasteiger partial charge in [-0.3, -0.25) is 18.8 Å². The van der Waals surface area contributed by atoms with E-state index in [1.54, 1.807) is 17.7 Å². The van der Waals surface area contributed by atoms with Crippen molar-refractivity contribution in [2.24, 2.45) is 14.1 Å². The molecule has 2 heterocycles. The van der Waals surface area contributed by atoms with Crippen LogP contribution >= 0.6 is 0 Å². The minimum absolute atomic E-state index is 0.219. The van der Waals surface area contributed by atoms with Crippen molar-refractivity contribution in [2.75, 3.05) is 13.1 Å². The summed E-state index contributed by atoms with van der Waals surface area (Å²) in [7, 11) is 3.21. The summed E-state index contributed by atoms with van der Waals surface area (Å²) >= 11 is 0. The second kappa shape index (κ2) is 7.05. The van der Waals surface area contributed by atoms with Crippen LogP contribution in [0.2, 0.25) is 0 Å². The number of nitrogens with zero attached hydrogens (tertiary/aromatic N) is 3. The largest absolute Gasteiger partial charge is 0.490 e. The highest BCUT2D eigenvalue weighted by Gasteiger charge is 2.21. The van der Waals surface area contributed by atoms with Crippen molar-refractivity contribution in [1.29, 1.82) is 0 Å². The number of rotatable bonds is 4. The highest BCUT2D eigenvalue weighted by molar-refractivity contribution is 5.21. The summed E-state index contributed by atoms with van der Waals surface area (Å²) in [5.41, 5.74) is 0.223. The molecule has 6 nitrogen and oxygen atoms in total. The standard InChI is InChI=1S/C18H23N3O3/c1-19-14(12-17(22)20(2)18(19)23)13-21-10-8-16(9-11-21)24-15-6-4-3-5-7-15/h3-7,12,16H,8-11,13H2,1-2H3. The first kappa shape index (κ1) is 16.5. The smallest absolute Gasteiger partial charge is 0.330 e. The molecule has 0 N–H and O–H groups in total. The summed E-state index contributed by atoms with van der Waals surface area (Å²) < 4.78 is 8.67. The first-order valence-electron chi connectivity index (χ1n) is 8.24. The van der Waals surface area contributed by atoms with Gasteiger partial charge in [-0.05, 0) is 25.0 Å². The summed E-state index contributed by atoms with van der Waals surface area (Å²) in [6.45, 7) is 2.39. The average Bonchev–Trinajstić information content (AvgIpc) is 2.60. The zero-order chi connectivity index (χ0) is 17.1. The van der Waals surface area contributed by atoms with E-state index >= 15 is 0 Å². The van der Waals surface area contributed by atoms with Crippen LogP contribution in [0.4, 0.5) is 0 Å². The maximum atomic E-state index is 12.0. The van der Waals surface area contributed by atoms with Crippen molar-refractivity contribution in [1.82, 2.24) is 14.0 Å². The van der Waals surface area contributed by atoms with Crippen LogP contribution in [0.15, 0.2) is 46.0 Å². The molecule has 1 saturated heterocycles. The molecule has 0 amide bonds. The second-order valence-electron chi connectivity index (χ2n) is 6.28. The maximum absolute atomic E-state index is 12.0. The van der Waals surface area contributed by atoms with Crippen LogP contribution in [0.25, 0.3) is 0 Å².